The molecule has 0 saturated heterocycles. The molecule has 0 spiro atoms. The second-order valence-electron chi connectivity index (χ2n) is 3.88. The number of benzene rings is 2. The Hall–Kier alpha value is -2.50. The van der Waals surface area contributed by atoms with Gasteiger partial charge >= 0.3 is 122 Å². The maximum absolute atomic E-state index is 11.6. The van der Waals surface area contributed by atoms with Crippen molar-refractivity contribution in [2.45, 2.75) is 0 Å². The molecule has 0 aromatic heterocycles. The van der Waals surface area contributed by atoms with Crippen LogP contribution in [0.5, 0.6) is 0 Å². The third-order valence-corrected chi connectivity index (χ3v) is 3.87. The van der Waals surface area contributed by atoms with Crippen molar-refractivity contribution < 1.29 is 24.9 Å². The second kappa shape index (κ2) is 6.30. The Labute approximate surface area is 122 Å². The number of hydrogen-bond acceptors (Lipinski definition) is 6. The molecule has 21 heavy (non-hydrogen) atoms. The van der Waals surface area contributed by atoms with E-state index in [4.69, 9.17) is 0 Å². The number of carbonyl (C=O) groups excluding carboxylic acids is 2. The summed E-state index contributed by atoms with van der Waals surface area (Å²) in [4.78, 5) is 23.2. The molecule has 0 aliphatic carbocycles. The van der Waals surface area contributed by atoms with Crippen LogP contribution in [0.3, 0.4) is 0 Å². The fourth-order valence-electron chi connectivity index (χ4n) is 1.45. The SMILES string of the molecule is O=C(O[Se](=O)(=O)OC(=O)c1ccccc1)c1ccccc1. The summed E-state index contributed by atoms with van der Waals surface area (Å²) in [7, 11) is 0. The van der Waals surface area contributed by atoms with Gasteiger partial charge in [-0.1, -0.05) is 0 Å². The van der Waals surface area contributed by atoms with Crippen molar-refractivity contribution in [1.29, 1.82) is 0 Å². The monoisotopic (exact) mass is 354 g/mol. The summed E-state index contributed by atoms with van der Waals surface area (Å²) in [5, 5.41) is 0. The summed E-state index contributed by atoms with van der Waals surface area (Å²) in [5.41, 5.74) is 0.0862. The van der Waals surface area contributed by atoms with Crippen molar-refractivity contribution in [3.8, 4) is 0 Å². The second-order valence-corrected chi connectivity index (χ2v) is 6.29. The number of hydrogen-bond donors (Lipinski definition) is 0. The summed E-state index contributed by atoms with van der Waals surface area (Å²) in [6.07, 6.45) is 0. The molecule has 0 N–H and O–H groups in total. The van der Waals surface area contributed by atoms with E-state index in [9.17, 15) is 17.3 Å². The predicted molar refractivity (Wildman–Crippen MR) is 70.8 cm³/mol. The topological polar surface area (TPSA) is 86.7 Å². The van der Waals surface area contributed by atoms with Gasteiger partial charge in [-0.3, -0.25) is 0 Å². The van der Waals surface area contributed by atoms with E-state index < -0.39 is 25.3 Å². The molecule has 0 unspecified atom stereocenters. The van der Waals surface area contributed by atoms with E-state index in [2.05, 4.69) is 7.64 Å². The van der Waals surface area contributed by atoms with Gasteiger partial charge in [0.25, 0.3) is 0 Å². The van der Waals surface area contributed by atoms with Crippen molar-refractivity contribution in [2.75, 3.05) is 0 Å². The Morgan fingerprint density at radius 1 is 0.667 bits per heavy atom. The van der Waals surface area contributed by atoms with Gasteiger partial charge < -0.3 is 0 Å². The van der Waals surface area contributed by atoms with Gasteiger partial charge in [0.05, 0.1) is 0 Å². The van der Waals surface area contributed by atoms with Crippen molar-refractivity contribution in [3.63, 3.8) is 0 Å². The summed E-state index contributed by atoms with van der Waals surface area (Å²) in [5.74, 6) is -2.19. The van der Waals surface area contributed by atoms with Gasteiger partial charge in [-0.05, 0) is 0 Å². The van der Waals surface area contributed by atoms with Crippen LogP contribution in [0.1, 0.15) is 20.7 Å². The maximum atomic E-state index is 11.6. The van der Waals surface area contributed by atoms with E-state index in [0.717, 1.165) is 0 Å². The number of carbonyl (C=O) groups is 2. The van der Waals surface area contributed by atoms with Gasteiger partial charge in [0, 0.05) is 0 Å². The molecule has 108 valence electrons. The molecular weight excluding hydrogens is 343 g/mol. The fourth-order valence-corrected chi connectivity index (χ4v) is 2.70. The van der Waals surface area contributed by atoms with E-state index >= 15 is 0 Å². The van der Waals surface area contributed by atoms with E-state index in [1.165, 1.54) is 24.3 Å². The number of rotatable bonds is 4. The summed E-state index contributed by atoms with van der Waals surface area (Å²) < 4.78 is 31.7. The van der Waals surface area contributed by atoms with Crippen LogP contribution in [-0.2, 0) is 15.3 Å². The van der Waals surface area contributed by atoms with Crippen molar-refractivity contribution in [1.82, 2.24) is 0 Å². The van der Waals surface area contributed by atoms with Crippen LogP contribution in [0.25, 0.3) is 0 Å². The Kier molecular flexibility index (Phi) is 4.47. The van der Waals surface area contributed by atoms with Crippen molar-refractivity contribution in [2.24, 2.45) is 0 Å². The quantitative estimate of drug-likeness (QED) is 0.782. The van der Waals surface area contributed by atoms with Crippen LogP contribution in [-0.4, -0.2) is 25.3 Å². The molecule has 7 heteroatoms. The molecule has 2 aromatic rings. The normalized spacial score (nSPS) is 10.7. The Morgan fingerprint density at radius 3 is 1.33 bits per heavy atom. The summed E-state index contributed by atoms with van der Waals surface area (Å²) in [6, 6.07) is 15.0. The molecule has 0 saturated carbocycles. The molecule has 0 fully saturated rings. The molecule has 0 aliphatic rings. The average molecular weight is 353 g/mol. The van der Waals surface area contributed by atoms with Crippen molar-refractivity contribution in [3.05, 3.63) is 71.8 Å². The van der Waals surface area contributed by atoms with Gasteiger partial charge in [0.2, 0.25) is 0 Å². The molecule has 0 radical (unpaired) electrons. The first-order chi connectivity index (χ1) is 9.98. The van der Waals surface area contributed by atoms with Gasteiger partial charge in [0.1, 0.15) is 0 Å². The first-order valence-electron chi connectivity index (χ1n) is 5.80. The Balaban J connectivity index is 2.06. The third kappa shape index (κ3) is 4.24. The fraction of sp³-hybridized carbons (Fsp3) is 0. The van der Waals surface area contributed by atoms with Crippen LogP contribution in [0.4, 0.5) is 0 Å². The molecule has 0 amide bonds. The minimum absolute atomic E-state index is 0.0431. The summed E-state index contributed by atoms with van der Waals surface area (Å²) in [6.45, 7) is 0. The molecule has 2 aromatic carbocycles. The Bertz CT molecular complexity index is 678. The molecule has 0 heterocycles. The van der Waals surface area contributed by atoms with Gasteiger partial charge in [-0.2, -0.15) is 0 Å². The first kappa shape index (κ1) is 14.9. The molecule has 2 rings (SSSR count). The van der Waals surface area contributed by atoms with E-state index in [-0.39, 0.29) is 11.1 Å². The zero-order valence-electron chi connectivity index (χ0n) is 10.6. The zero-order valence-corrected chi connectivity index (χ0v) is 12.3. The molecule has 6 nitrogen and oxygen atoms in total. The van der Waals surface area contributed by atoms with Crippen molar-refractivity contribution >= 4 is 25.3 Å². The van der Waals surface area contributed by atoms with Crippen LogP contribution in [0.15, 0.2) is 60.7 Å². The van der Waals surface area contributed by atoms with Gasteiger partial charge in [-0.25, -0.2) is 0 Å². The zero-order chi connectivity index (χ0) is 15.3. The van der Waals surface area contributed by atoms with Crippen LogP contribution in [0, 0.1) is 0 Å². The van der Waals surface area contributed by atoms with E-state index in [1.54, 1.807) is 36.4 Å². The standard InChI is InChI=1S/C14H10O6Se/c15-13(11-7-3-1-4-8-11)19-21(17,18)20-14(16)12-9-5-2-6-10-12/h1-10H. The predicted octanol–water partition coefficient (Wildman–Crippen LogP) is 2.00. The van der Waals surface area contributed by atoms with Gasteiger partial charge in [0.15, 0.2) is 0 Å². The molecule has 0 atom stereocenters. The van der Waals surface area contributed by atoms with Crippen LogP contribution in [0.2, 0.25) is 0 Å². The molecule has 0 bridgehead atoms. The first-order valence-corrected chi connectivity index (χ1v) is 8.60. The average Bonchev–Trinajstić information content (AvgIpc) is 2.48. The summed E-state index contributed by atoms with van der Waals surface area (Å²) >= 11 is -5.59. The van der Waals surface area contributed by atoms with Crippen LogP contribution < -0.4 is 0 Å². The van der Waals surface area contributed by atoms with Gasteiger partial charge in [-0.15, -0.1) is 0 Å². The van der Waals surface area contributed by atoms with E-state index in [1.807, 2.05) is 0 Å². The van der Waals surface area contributed by atoms with E-state index in [0.29, 0.717) is 0 Å². The Morgan fingerprint density at radius 2 is 1.00 bits per heavy atom. The third-order valence-electron chi connectivity index (χ3n) is 2.37. The molecular formula is C14H10O6Se. The molecule has 0 aliphatic heterocycles. The van der Waals surface area contributed by atoms with Crippen LogP contribution >= 0.6 is 0 Å². The minimum atomic E-state index is -5.59.